The summed E-state index contributed by atoms with van der Waals surface area (Å²) in [4.78, 5) is 18.7. The van der Waals surface area contributed by atoms with E-state index in [1.807, 2.05) is 85.2 Å². The number of pyridine rings is 1. The lowest BCUT2D eigenvalue weighted by molar-refractivity contribution is 1.07. The Hall–Kier alpha value is -5.48. The maximum atomic E-state index is 4.90. The first-order chi connectivity index (χ1) is 19.8. The minimum absolute atomic E-state index is 0.650. The van der Waals surface area contributed by atoms with E-state index in [4.69, 9.17) is 15.0 Å². The molecule has 0 spiro atoms. The molecule has 0 saturated heterocycles. The molecule has 40 heavy (non-hydrogen) atoms. The summed E-state index contributed by atoms with van der Waals surface area (Å²) < 4.78 is 0. The first-order valence-electron chi connectivity index (χ1n) is 13.2. The lowest BCUT2D eigenvalue weighted by atomic mass is 9.97. The lowest BCUT2D eigenvalue weighted by Crippen LogP contribution is -2.00. The van der Waals surface area contributed by atoms with Crippen LogP contribution in [-0.2, 0) is 0 Å². The van der Waals surface area contributed by atoms with Gasteiger partial charge in [0, 0.05) is 29.1 Å². The minimum Gasteiger partial charge on any atom is -0.265 e. The van der Waals surface area contributed by atoms with Crippen LogP contribution in [0.1, 0.15) is 0 Å². The summed E-state index contributed by atoms with van der Waals surface area (Å²) in [5, 5.41) is 2.39. The average Bonchev–Trinajstić information content (AvgIpc) is 3.05. The summed E-state index contributed by atoms with van der Waals surface area (Å²) in [6.07, 6.45) is 3.65. The van der Waals surface area contributed by atoms with Gasteiger partial charge in [-0.15, -0.1) is 0 Å². The molecule has 2 heterocycles. The molecule has 0 aliphatic carbocycles. The summed E-state index contributed by atoms with van der Waals surface area (Å²) in [6, 6.07) is 45.8. The molecule has 0 unspecified atom stereocenters. The van der Waals surface area contributed by atoms with E-state index >= 15 is 0 Å². The van der Waals surface area contributed by atoms with Gasteiger partial charge in [0.05, 0.1) is 0 Å². The van der Waals surface area contributed by atoms with E-state index in [1.165, 1.54) is 16.3 Å². The van der Waals surface area contributed by atoms with Crippen LogP contribution in [0.25, 0.3) is 67.2 Å². The molecule has 4 nitrogen and oxygen atoms in total. The second-order valence-electron chi connectivity index (χ2n) is 9.63. The Morgan fingerprint density at radius 1 is 0.300 bits per heavy atom. The third-order valence-electron chi connectivity index (χ3n) is 7.01. The van der Waals surface area contributed by atoms with Crippen LogP contribution in [0.15, 0.2) is 146 Å². The molecular formula is C36H24N4. The van der Waals surface area contributed by atoms with Gasteiger partial charge in [-0.1, -0.05) is 103 Å². The van der Waals surface area contributed by atoms with Crippen LogP contribution >= 0.6 is 0 Å². The maximum absolute atomic E-state index is 4.90. The van der Waals surface area contributed by atoms with Crippen LogP contribution in [-0.4, -0.2) is 19.9 Å². The van der Waals surface area contributed by atoms with E-state index in [9.17, 15) is 0 Å². The van der Waals surface area contributed by atoms with Gasteiger partial charge in [-0.2, -0.15) is 0 Å². The highest BCUT2D eigenvalue weighted by Gasteiger charge is 2.13. The molecule has 0 saturated carbocycles. The van der Waals surface area contributed by atoms with Gasteiger partial charge in [-0.3, -0.25) is 4.98 Å². The molecule has 0 aliphatic heterocycles. The van der Waals surface area contributed by atoms with Gasteiger partial charge in [-0.05, 0) is 63.4 Å². The van der Waals surface area contributed by atoms with E-state index < -0.39 is 0 Å². The monoisotopic (exact) mass is 512 g/mol. The van der Waals surface area contributed by atoms with Crippen molar-refractivity contribution in [3.8, 4) is 56.4 Å². The predicted octanol–water partition coefficient (Wildman–Crippen LogP) is 8.75. The summed E-state index contributed by atoms with van der Waals surface area (Å²) in [5.41, 5.74) is 7.47. The molecule has 7 rings (SSSR count). The fraction of sp³-hybridized carbons (Fsp3) is 0. The largest absolute Gasteiger partial charge is 0.265 e. The number of nitrogens with zero attached hydrogens (tertiary/aromatic N) is 4. The number of hydrogen-bond acceptors (Lipinski definition) is 4. The number of aromatic nitrogens is 4. The van der Waals surface area contributed by atoms with Crippen molar-refractivity contribution >= 4 is 10.8 Å². The Balaban J connectivity index is 1.29. The Kier molecular flexibility index (Phi) is 6.11. The molecule has 0 radical (unpaired) electrons. The smallest absolute Gasteiger partial charge is 0.164 e. The standard InChI is InChI=1S/C36H24N4/c1-3-8-26(9-4-1)34-38-35(27-10-5-2-6-11-27)40-36(39-34)33-13-7-12-28(24-33)30-16-17-31-22-29(14-15-32(31)23-30)25-18-20-37-21-19-25/h1-24H. The van der Waals surface area contributed by atoms with Crippen molar-refractivity contribution in [2.45, 2.75) is 0 Å². The normalized spacial score (nSPS) is 11.0. The Bertz CT molecular complexity index is 1880. The molecule has 2 aromatic heterocycles. The van der Waals surface area contributed by atoms with Gasteiger partial charge in [0.15, 0.2) is 17.5 Å². The fourth-order valence-corrected chi connectivity index (χ4v) is 4.92. The highest BCUT2D eigenvalue weighted by molar-refractivity contribution is 5.91. The first kappa shape index (κ1) is 23.6. The Labute approximate surface area is 232 Å². The third kappa shape index (κ3) is 4.74. The van der Waals surface area contributed by atoms with Crippen LogP contribution in [0.4, 0.5) is 0 Å². The van der Waals surface area contributed by atoms with Gasteiger partial charge in [0.25, 0.3) is 0 Å². The zero-order valence-electron chi connectivity index (χ0n) is 21.6. The van der Waals surface area contributed by atoms with Gasteiger partial charge >= 0.3 is 0 Å². The molecule has 0 atom stereocenters. The zero-order valence-corrected chi connectivity index (χ0v) is 21.6. The molecule has 188 valence electrons. The van der Waals surface area contributed by atoms with E-state index in [-0.39, 0.29) is 0 Å². The quantitative estimate of drug-likeness (QED) is 0.231. The van der Waals surface area contributed by atoms with Crippen molar-refractivity contribution in [3.05, 3.63) is 146 Å². The molecule has 0 bridgehead atoms. The van der Waals surface area contributed by atoms with E-state index in [2.05, 4.69) is 65.6 Å². The molecule has 4 heteroatoms. The number of hydrogen-bond donors (Lipinski definition) is 0. The van der Waals surface area contributed by atoms with E-state index in [0.29, 0.717) is 17.5 Å². The number of benzene rings is 5. The van der Waals surface area contributed by atoms with Gasteiger partial charge < -0.3 is 0 Å². The second-order valence-corrected chi connectivity index (χ2v) is 9.63. The van der Waals surface area contributed by atoms with Crippen LogP contribution < -0.4 is 0 Å². The summed E-state index contributed by atoms with van der Waals surface area (Å²) in [5.74, 6) is 1.97. The first-order valence-corrected chi connectivity index (χ1v) is 13.2. The van der Waals surface area contributed by atoms with Crippen molar-refractivity contribution in [1.29, 1.82) is 0 Å². The van der Waals surface area contributed by atoms with Crippen LogP contribution in [0, 0.1) is 0 Å². The molecule has 5 aromatic carbocycles. The number of fused-ring (bicyclic) bond motifs is 1. The molecule has 0 amide bonds. The maximum Gasteiger partial charge on any atom is 0.164 e. The third-order valence-corrected chi connectivity index (χ3v) is 7.01. The van der Waals surface area contributed by atoms with Gasteiger partial charge in [0.2, 0.25) is 0 Å². The Morgan fingerprint density at radius 3 is 1.32 bits per heavy atom. The summed E-state index contributed by atoms with van der Waals surface area (Å²) in [7, 11) is 0. The van der Waals surface area contributed by atoms with Crippen molar-refractivity contribution < 1.29 is 0 Å². The SMILES string of the molecule is c1ccc(-c2nc(-c3ccccc3)nc(-c3cccc(-c4ccc5cc(-c6ccncc6)ccc5c4)c3)n2)cc1. The molecule has 0 aliphatic rings. The summed E-state index contributed by atoms with van der Waals surface area (Å²) in [6.45, 7) is 0. The van der Waals surface area contributed by atoms with Crippen molar-refractivity contribution in [2.75, 3.05) is 0 Å². The lowest BCUT2D eigenvalue weighted by Gasteiger charge is -2.10. The van der Waals surface area contributed by atoms with Crippen molar-refractivity contribution in [1.82, 2.24) is 19.9 Å². The van der Waals surface area contributed by atoms with Crippen LogP contribution in [0.5, 0.6) is 0 Å². The van der Waals surface area contributed by atoms with Gasteiger partial charge in [-0.25, -0.2) is 15.0 Å². The van der Waals surface area contributed by atoms with Crippen molar-refractivity contribution in [2.24, 2.45) is 0 Å². The van der Waals surface area contributed by atoms with Crippen LogP contribution in [0.3, 0.4) is 0 Å². The fourth-order valence-electron chi connectivity index (χ4n) is 4.92. The molecule has 0 N–H and O–H groups in total. The highest BCUT2D eigenvalue weighted by atomic mass is 15.0. The predicted molar refractivity (Wildman–Crippen MR) is 162 cm³/mol. The number of rotatable bonds is 5. The molecule has 7 aromatic rings. The summed E-state index contributed by atoms with van der Waals surface area (Å²) >= 11 is 0. The zero-order chi connectivity index (χ0) is 26.7. The topological polar surface area (TPSA) is 51.6 Å². The van der Waals surface area contributed by atoms with Crippen LogP contribution in [0.2, 0.25) is 0 Å². The Morgan fingerprint density at radius 2 is 0.750 bits per heavy atom. The van der Waals surface area contributed by atoms with E-state index in [0.717, 1.165) is 33.4 Å². The van der Waals surface area contributed by atoms with Crippen molar-refractivity contribution in [3.63, 3.8) is 0 Å². The molecular weight excluding hydrogens is 488 g/mol. The van der Waals surface area contributed by atoms with Gasteiger partial charge in [0.1, 0.15) is 0 Å². The van der Waals surface area contributed by atoms with E-state index in [1.54, 1.807) is 0 Å². The minimum atomic E-state index is 0.650. The molecule has 0 fully saturated rings. The highest BCUT2D eigenvalue weighted by Crippen LogP contribution is 2.31. The second kappa shape index (κ2) is 10.4. The average molecular weight is 513 g/mol.